The number of aromatic nitrogens is 2. The summed E-state index contributed by atoms with van der Waals surface area (Å²) < 4.78 is 34.0. The molecule has 0 unspecified atom stereocenters. The molecule has 0 aliphatic heterocycles. The molecule has 8 nitrogen and oxygen atoms in total. The highest BCUT2D eigenvalue weighted by Crippen LogP contribution is 2.37. The number of ether oxygens (including phenoxy) is 1. The Morgan fingerprint density at radius 1 is 1.12 bits per heavy atom. The number of methoxy groups -OCH3 is 1. The number of fused-ring (bicyclic) bond motifs is 1. The smallest absolute Gasteiger partial charge is 0.283 e. The molecule has 0 radical (unpaired) electrons. The zero-order valence-electron chi connectivity index (χ0n) is 17.2. The Morgan fingerprint density at radius 3 is 2.62 bits per heavy atom. The van der Waals surface area contributed by atoms with Gasteiger partial charge in [0.15, 0.2) is 0 Å². The number of rotatable bonds is 6. The molecule has 0 spiro atoms. The molecule has 4 rings (SSSR count). The van der Waals surface area contributed by atoms with Crippen molar-refractivity contribution in [3.05, 3.63) is 77.7 Å². The third-order valence-corrected chi connectivity index (χ3v) is 6.59. The monoisotopic (exact) mass is 470 g/mol. The van der Waals surface area contributed by atoms with Crippen LogP contribution in [-0.4, -0.2) is 31.0 Å². The molecule has 32 heavy (non-hydrogen) atoms. The van der Waals surface area contributed by atoms with E-state index in [0.717, 1.165) is 11.9 Å². The van der Waals surface area contributed by atoms with Gasteiger partial charge in [0.05, 0.1) is 17.6 Å². The minimum Gasteiger partial charge on any atom is -0.497 e. The lowest BCUT2D eigenvalue weighted by atomic mass is 10.2. The number of amides is 1. The summed E-state index contributed by atoms with van der Waals surface area (Å²) in [7, 11) is -0.879. The predicted molar refractivity (Wildman–Crippen MR) is 123 cm³/mol. The predicted octanol–water partition coefficient (Wildman–Crippen LogP) is 4.10. The van der Waals surface area contributed by atoms with Crippen molar-refractivity contribution < 1.29 is 17.9 Å². The number of hydrogen-bond acceptors (Lipinski definition) is 6. The van der Waals surface area contributed by atoms with E-state index in [4.69, 9.17) is 16.3 Å². The van der Waals surface area contributed by atoms with Gasteiger partial charge in [0.2, 0.25) is 0 Å². The summed E-state index contributed by atoms with van der Waals surface area (Å²) in [6.07, 6.45) is 2.60. The van der Waals surface area contributed by atoms with Crippen LogP contribution in [0.2, 0.25) is 5.02 Å². The second-order valence-electron chi connectivity index (χ2n) is 6.90. The summed E-state index contributed by atoms with van der Waals surface area (Å²) in [5, 5.41) is 4.00. The first-order chi connectivity index (χ1) is 15.3. The fourth-order valence-electron chi connectivity index (χ4n) is 3.38. The fourth-order valence-corrected chi connectivity index (χ4v) is 4.71. The summed E-state index contributed by atoms with van der Waals surface area (Å²) in [6, 6.07) is 15.6. The Balaban J connectivity index is 1.74. The lowest BCUT2D eigenvalue weighted by Gasteiger charge is -2.10. The Bertz CT molecular complexity index is 1420. The molecule has 4 aromatic rings. The second kappa shape index (κ2) is 8.52. The molecular formula is C22H19ClN4O4S. The van der Waals surface area contributed by atoms with E-state index in [1.807, 2.05) is 36.4 Å². The minimum atomic E-state index is -4.11. The van der Waals surface area contributed by atoms with Crippen LogP contribution in [-0.2, 0) is 17.1 Å². The molecule has 0 saturated heterocycles. The number of pyridine rings is 1. The number of nitrogens with one attached hydrogen (secondary N) is 2. The number of anilines is 2. The van der Waals surface area contributed by atoms with Crippen molar-refractivity contribution in [2.75, 3.05) is 12.4 Å². The van der Waals surface area contributed by atoms with Crippen LogP contribution in [0.3, 0.4) is 0 Å². The maximum atomic E-state index is 12.9. The van der Waals surface area contributed by atoms with E-state index in [2.05, 4.69) is 15.0 Å². The summed E-state index contributed by atoms with van der Waals surface area (Å²) in [6.45, 7) is 0. The van der Waals surface area contributed by atoms with Crippen LogP contribution < -0.4 is 14.8 Å². The van der Waals surface area contributed by atoms with Gasteiger partial charge >= 0.3 is 0 Å². The average Bonchev–Trinajstić information content (AvgIpc) is 3.05. The van der Waals surface area contributed by atoms with Crippen molar-refractivity contribution in [3.8, 4) is 5.75 Å². The van der Waals surface area contributed by atoms with Crippen molar-refractivity contribution in [2.45, 2.75) is 4.90 Å². The van der Waals surface area contributed by atoms with Crippen LogP contribution in [0, 0.1) is 0 Å². The van der Waals surface area contributed by atoms with Gasteiger partial charge in [-0.3, -0.25) is 9.78 Å². The highest BCUT2D eigenvalue weighted by Gasteiger charge is 2.26. The summed E-state index contributed by atoms with van der Waals surface area (Å²) in [5.74, 6) is -0.160. The van der Waals surface area contributed by atoms with Gasteiger partial charge < -0.3 is 14.6 Å². The number of halogens is 1. The number of hydrogen-bond donors (Lipinski definition) is 2. The van der Waals surface area contributed by atoms with Crippen molar-refractivity contribution in [3.63, 3.8) is 0 Å². The summed E-state index contributed by atoms with van der Waals surface area (Å²) >= 11 is 6.61. The van der Waals surface area contributed by atoms with E-state index >= 15 is 0 Å². The van der Waals surface area contributed by atoms with E-state index in [-0.39, 0.29) is 15.6 Å². The number of aryl methyl sites for hydroxylation is 1. The van der Waals surface area contributed by atoms with Crippen LogP contribution >= 0.6 is 11.6 Å². The molecule has 2 aromatic carbocycles. The number of carbonyl (C=O) groups excluding carboxylic acids is 1. The Labute approximate surface area is 189 Å². The van der Waals surface area contributed by atoms with E-state index in [1.165, 1.54) is 18.3 Å². The first-order valence-electron chi connectivity index (χ1n) is 9.47. The van der Waals surface area contributed by atoms with Gasteiger partial charge in [-0.05, 0) is 36.4 Å². The Kier molecular flexibility index (Phi) is 5.77. The molecule has 0 saturated carbocycles. The molecule has 0 bridgehead atoms. The molecule has 10 heteroatoms. The van der Waals surface area contributed by atoms with Gasteiger partial charge in [0.1, 0.15) is 16.3 Å². The lowest BCUT2D eigenvalue weighted by Crippen LogP contribution is -2.32. The van der Waals surface area contributed by atoms with Crippen molar-refractivity contribution in [1.29, 1.82) is 0 Å². The van der Waals surface area contributed by atoms with E-state index in [0.29, 0.717) is 22.3 Å². The molecule has 0 fully saturated rings. The van der Waals surface area contributed by atoms with Crippen LogP contribution in [0.15, 0.2) is 71.9 Å². The number of sulfonamides is 1. The molecule has 1 amide bonds. The van der Waals surface area contributed by atoms with Crippen LogP contribution in [0.1, 0.15) is 10.5 Å². The van der Waals surface area contributed by atoms with E-state index < -0.39 is 15.9 Å². The number of carbonyl (C=O) groups is 1. The second-order valence-corrected chi connectivity index (χ2v) is 8.96. The molecule has 0 aliphatic rings. The molecule has 2 aromatic heterocycles. The normalized spacial score (nSPS) is 11.3. The highest BCUT2D eigenvalue weighted by atomic mass is 35.5. The van der Waals surface area contributed by atoms with Crippen molar-refractivity contribution >= 4 is 49.8 Å². The molecule has 0 atom stereocenters. The first-order valence-corrected chi connectivity index (χ1v) is 11.3. The summed E-state index contributed by atoms with van der Waals surface area (Å²) in [4.78, 5) is 16.6. The molecule has 2 heterocycles. The molecule has 2 N–H and O–H groups in total. The van der Waals surface area contributed by atoms with Crippen molar-refractivity contribution in [1.82, 2.24) is 14.3 Å². The van der Waals surface area contributed by atoms with Gasteiger partial charge in [0, 0.05) is 42.3 Å². The third kappa shape index (κ3) is 4.00. The average molecular weight is 471 g/mol. The SMILES string of the molecule is COc1cccc(Nc2cccc3c2c(Cl)c(C(=O)NS(=O)(=O)c2cccnc2)n3C)c1. The maximum absolute atomic E-state index is 12.9. The topological polar surface area (TPSA) is 102 Å². The quantitative estimate of drug-likeness (QED) is 0.440. The van der Waals surface area contributed by atoms with Gasteiger partial charge in [-0.15, -0.1) is 0 Å². The zero-order valence-corrected chi connectivity index (χ0v) is 18.7. The van der Waals surface area contributed by atoms with Crippen LogP contribution in [0.25, 0.3) is 10.9 Å². The number of nitrogens with zero attached hydrogens (tertiary/aromatic N) is 2. The fraction of sp³-hybridized carbons (Fsp3) is 0.0909. The standard InChI is InChI=1S/C22H19ClN4O4S/c1-27-18-10-4-9-17(25-14-6-3-7-15(12-14)31-2)19(18)20(23)21(27)22(28)26-32(29,30)16-8-5-11-24-13-16/h3-13,25H,1-2H3,(H,26,28). The van der Waals surface area contributed by atoms with Crippen molar-refractivity contribution in [2.24, 2.45) is 7.05 Å². The first kappa shape index (κ1) is 21.7. The third-order valence-electron chi connectivity index (χ3n) is 4.90. The van der Waals surface area contributed by atoms with Gasteiger partial charge in [0.25, 0.3) is 15.9 Å². The summed E-state index contributed by atoms with van der Waals surface area (Å²) in [5.41, 5.74) is 2.10. The lowest BCUT2D eigenvalue weighted by molar-refractivity contribution is 0.0974. The molecular weight excluding hydrogens is 452 g/mol. The van der Waals surface area contributed by atoms with Crippen LogP contribution in [0.5, 0.6) is 5.75 Å². The highest BCUT2D eigenvalue weighted by molar-refractivity contribution is 7.90. The maximum Gasteiger partial charge on any atom is 0.283 e. The van der Waals surface area contributed by atoms with Crippen LogP contribution in [0.4, 0.5) is 11.4 Å². The molecule has 0 aliphatic carbocycles. The Morgan fingerprint density at radius 2 is 1.91 bits per heavy atom. The van der Waals surface area contributed by atoms with E-state index in [1.54, 1.807) is 24.8 Å². The molecule has 164 valence electrons. The van der Waals surface area contributed by atoms with Gasteiger partial charge in [-0.2, -0.15) is 0 Å². The Hall–Kier alpha value is -3.56. The van der Waals surface area contributed by atoms with Gasteiger partial charge in [-0.25, -0.2) is 13.1 Å². The minimum absolute atomic E-state index is 0.0222. The largest absolute Gasteiger partial charge is 0.497 e. The number of benzene rings is 2. The van der Waals surface area contributed by atoms with Gasteiger partial charge in [-0.1, -0.05) is 23.7 Å². The zero-order chi connectivity index (χ0) is 22.9. The van der Waals surface area contributed by atoms with E-state index in [9.17, 15) is 13.2 Å².